The predicted octanol–water partition coefficient (Wildman–Crippen LogP) is 1.88. The third kappa shape index (κ3) is 2.23. The third-order valence-electron chi connectivity index (χ3n) is 2.89. The monoisotopic (exact) mass is 253 g/mol. The molecule has 0 spiro atoms. The Bertz CT molecular complexity index is 432. The van der Waals surface area contributed by atoms with Crippen LogP contribution in [0.5, 0.6) is 0 Å². The summed E-state index contributed by atoms with van der Waals surface area (Å²) in [7, 11) is 1.68. The van der Waals surface area contributed by atoms with Crippen LogP contribution < -0.4 is 10.6 Å². The number of nitrogens with two attached hydrogens (primary N) is 1. The van der Waals surface area contributed by atoms with E-state index in [1.54, 1.807) is 7.11 Å². The zero-order valence-corrected chi connectivity index (χ0v) is 10.7. The number of ether oxygens (including phenoxy) is 1. The summed E-state index contributed by atoms with van der Waals surface area (Å²) >= 11 is 5.88. The number of anilines is 1. The molecule has 1 aliphatic heterocycles. The van der Waals surface area contributed by atoms with Crippen LogP contribution in [-0.4, -0.2) is 31.8 Å². The molecule has 0 fully saturated rings. The fraction of sp³-hybridized carbons (Fsp3) is 0.417. The second-order valence-corrected chi connectivity index (χ2v) is 4.85. The number of halogens is 1. The van der Waals surface area contributed by atoms with Gasteiger partial charge in [-0.25, -0.2) is 0 Å². The van der Waals surface area contributed by atoms with Gasteiger partial charge < -0.3 is 15.4 Å². The molecule has 1 aromatic rings. The van der Waals surface area contributed by atoms with Gasteiger partial charge in [0.15, 0.2) is 5.96 Å². The topological polar surface area (TPSA) is 50.9 Å². The van der Waals surface area contributed by atoms with Gasteiger partial charge in [-0.2, -0.15) is 0 Å². The van der Waals surface area contributed by atoms with E-state index in [9.17, 15) is 0 Å². The Kier molecular flexibility index (Phi) is 3.26. The standard InChI is InChI=1S/C12H16ClN3O/c1-12(8-17-2)7-15-11(14)16(12)10-5-3-9(13)4-6-10/h3-6H,7-8H2,1-2H3,(H2,14,15). The van der Waals surface area contributed by atoms with E-state index >= 15 is 0 Å². The molecule has 0 saturated carbocycles. The van der Waals surface area contributed by atoms with Crippen molar-refractivity contribution in [1.82, 2.24) is 0 Å². The van der Waals surface area contributed by atoms with Crippen LogP contribution in [0.15, 0.2) is 29.3 Å². The van der Waals surface area contributed by atoms with Crippen molar-refractivity contribution in [1.29, 1.82) is 0 Å². The van der Waals surface area contributed by atoms with Crippen molar-refractivity contribution in [3.63, 3.8) is 0 Å². The van der Waals surface area contributed by atoms with E-state index in [4.69, 9.17) is 22.1 Å². The van der Waals surface area contributed by atoms with Gasteiger partial charge in [-0.3, -0.25) is 4.99 Å². The molecule has 0 saturated heterocycles. The summed E-state index contributed by atoms with van der Waals surface area (Å²) in [4.78, 5) is 6.29. The van der Waals surface area contributed by atoms with E-state index in [0.717, 1.165) is 5.69 Å². The smallest absolute Gasteiger partial charge is 0.196 e. The van der Waals surface area contributed by atoms with Crippen LogP contribution in [0.25, 0.3) is 0 Å². The molecule has 0 bridgehead atoms. The van der Waals surface area contributed by atoms with Crippen LogP contribution >= 0.6 is 11.6 Å². The first kappa shape index (κ1) is 12.2. The summed E-state index contributed by atoms with van der Waals surface area (Å²) in [6, 6.07) is 7.55. The minimum absolute atomic E-state index is 0.230. The molecule has 17 heavy (non-hydrogen) atoms. The van der Waals surface area contributed by atoms with Crippen LogP contribution in [-0.2, 0) is 4.74 Å². The molecule has 92 valence electrons. The maximum Gasteiger partial charge on any atom is 0.196 e. The Morgan fingerprint density at radius 2 is 2.12 bits per heavy atom. The van der Waals surface area contributed by atoms with E-state index in [1.807, 2.05) is 29.2 Å². The van der Waals surface area contributed by atoms with Crippen LogP contribution in [0.2, 0.25) is 5.02 Å². The molecule has 2 rings (SSSR count). The second-order valence-electron chi connectivity index (χ2n) is 4.42. The number of guanidine groups is 1. The number of hydrogen-bond donors (Lipinski definition) is 1. The summed E-state index contributed by atoms with van der Waals surface area (Å²) in [5, 5.41) is 0.705. The summed E-state index contributed by atoms with van der Waals surface area (Å²) in [5.74, 6) is 0.520. The first-order chi connectivity index (χ1) is 8.07. The summed E-state index contributed by atoms with van der Waals surface area (Å²) in [5.41, 5.74) is 6.69. The average Bonchev–Trinajstić information content (AvgIpc) is 2.57. The Morgan fingerprint density at radius 1 is 1.47 bits per heavy atom. The van der Waals surface area contributed by atoms with Crippen molar-refractivity contribution in [3.05, 3.63) is 29.3 Å². The third-order valence-corrected chi connectivity index (χ3v) is 3.14. The zero-order valence-electron chi connectivity index (χ0n) is 9.98. The van der Waals surface area contributed by atoms with Crippen molar-refractivity contribution >= 4 is 23.2 Å². The first-order valence-corrected chi connectivity index (χ1v) is 5.79. The highest BCUT2D eigenvalue weighted by Gasteiger charge is 2.39. The van der Waals surface area contributed by atoms with Crippen LogP contribution in [0.3, 0.4) is 0 Å². The van der Waals surface area contributed by atoms with Gasteiger partial charge in [0.05, 0.1) is 18.7 Å². The van der Waals surface area contributed by atoms with Crippen molar-refractivity contribution < 1.29 is 4.74 Å². The lowest BCUT2D eigenvalue weighted by atomic mass is 10.0. The van der Waals surface area contributed by atoms with E-state index in [0.29, 0.717) is 24.1 Å². The molecular weight excluding hydrogens is 238 g/mol. The zero-order chi connectivity index (χ0) is 12.5. The number of hydrogen-bond acceptors (Lipinski definition) is 4. The molecule has 1 atom stereocenters. The number of rotatable bonds is 3. The molecule has 4 nitrogen and oxygen atoms in total. The van der Waals surface area contributed by atoms with Crippen molar-refractivity contribution in [2.75, 3.05) is 25.2 Å². The number of methoxy groups -OCH3 is 1. The maximum absolute atomic E-state index is 5.94. The molecule has 0 aromatic heterocycles. The molecule has 1 aromatic carbocycles. The molecule has 5 heteroatoms. The van der Waals surface area contributed by atoms with Gasteiger partial charge in [0.25, 0.3) is 0 Å². The maximum atomic E-state index is 5.94. The molecule has 1 aliphatic rings. The Morgan fingerprint density at radius 3 is 2.71 bits per heavy atom. The highest BCUT2D eigenvalue weighted by atomic mass is 35.5. The number of nitrogens with zero attached hydrogens (tertiary/aromatic N) is 2. The fourth-order valence-electron chi connectivity index (χ4n) is 2.12. The fourth-order valence-corrected chi connectivity index (χ4v) is 2.25. The summed E-state index contributed by atoms with van der Waals surface area (Å²) in [6.45, 7) is 3.28. The minimum Gasteiger partial charge on any atom is -0.382 e. The largest absolute Gasteiger partial charge is 0.382 e. The number of aliphatic imine (C=N–C) groups is 1. The lowest BCUT2D eigenvalue weighted by molar-refractivity contribution is 0.149. The molecule has 0 amide bonds. The van der Waals surface area contributed by atoms with Crippen LogP contribution in [0.4, 0.5) is 5.69 Å². The Hall–Kier alpha value is -1.26. The SMILES string of the molecule is COCC1(C)CN=C(N)N1c1ccc(Cl)cc1. The molecule has 0 radical (unpaired) electrons. The van der Waals surface area contributed by atoms with Gasteiger partial charge in [0, 0.05) is 17.8 Å². The van der Waals surface area contributed by atoms with Gasteiger partial charge in [-0.05, 0) is 31.2 Å². The first-order valence-electron chi connectivity index (χ1n) is 5.41. The second kappa shape index (κ2) is 4.55. The normalized spacial score (nSPS) is 23.9. The quantitative estimate of drug-likeness (QED) is 0.895. The predicted molar refractivity (Wildman–Crippen MR) is 70.7 cm³/mol. The lowest BCUT2D eigenvalue weighted by Crippen LogP contribution is -2.52. The lowest BCUT2D eigenvalue weighted by Gasteiger charge is -2.35. The Labute approximate surface area is 106 Å². The molecule has 1 unspecified atom stereocenters. The highest BCUT2D eigenvalue weighted by molar-refractivity contribution is 6.30. The van der Waals surface area contributed by atoms with Gasteiger partial charge in [0.1, 0.15) is 0 Å². The number of benzene rings is 1. The molecule has 2 N–H and O–H groups in total. The van der Waals surface area contributed by atoms with Crippen molar-refractivity contribution in [2.45, 2.75) is 12.5 Å². The van der Waals surface area contributed by atoms with Gasteiger partial charge >= 0.3 is 0 Å². The van der Waals surface area contributed by atoms with E-state index in [2.05, 4.69) is 11.9 Å². The van der Waals surface area contributed by atoms with Crippen LogP contribution in [0, 0.1) is 0 Å². The van der Waals surface area contributed by atoms with E-state index < -0.39 is 0 Å². The molecule has 1 heterocycles. The molecular formula is C12H16ClN3O. The van der Waals surface area contributed by atoms with Gasteiger partial charge in [0.2, 0.25) is 0 Å². The van der Waals surface area contributed by atoms with E-state index in [-0.39, 0.29) is 5.54 Å². The Balaban J connectivity index is 2.33. The highest BCUT2D eigenvalue weighted by Crippen LogP contribution is 2.29. The van der Waals surface area contributed by atoms with Gasteiger partial charge in [-0.1, -0.05) is 11.6 Å². The van der Waals surface area contributed by atoms with Gasteiger partial charge in [-0.15, -0.1) is 0 Å². The minimum atomic E-state index is -0.230. The van der Waals surface area contributed by atoms with Crippen LogP contribution in [0.1, 0.15) is 6.92 Å². The summed E-state index contributed by atoms with van der Waals surface area (Å²) < 4.78 is 5.26. The van der Waals surface area contributed by atoms with Crippen molar-refractivity contribution in [2.24, 2.45) is 10.7 Å². The average molecular weight is 254 g/mol. The molecule has 0 aliphatic carbocycles. The van der Waals surface area contributed by atoms with E-state index in [1.165, 1.54) is 0 Å². The summed E-state index contributed by atoms with van der Waals surface area (Å²) in [6.07, 6.45) is 0. The van der Waals surface area contributed by atoms with Crippen molar-refractivity contribution in [3.8, 4) is 0 Å².